The lowest BCUT2D eigenvalue weighted by Crippen LogP contribution is -2.50. The second kappa shape index (κ2) is 6.10. The quantitative estimate of drug-likeness (QED) is 0.762. The highest BCUT2D eigenvalue weighted by molar-refractivity contribution is 5.68. The molecule has 1 aliphatic rings. The molecule has 5 nitrogen and oxygen atoms in total. The van der Waals surface area contributed by atoms with Crippen LogP contribution in [0.3, 0.4) is 0 Å². The number of nitrogens with one attached hydrogen (secondary N) is 1. The Morgan fingerprint density at radius 3 is 2.05 bits per heavy atom. The number of amides is 1. The zero-order chi connectivity index (χ0) is 15.4. The number of nitrogens with zero attached hydrogens (tertiary/aromatic N) is 2. The first-order valence-corrected chi connectivity index (χ1v) is 7.47. The van der Waals surface area contributed by atoms with Crippen LogP contribution in [0.25, 0.3) is 0 Å². The molecule has 1 N–H and O–H groups in total. The normalized spacial score (nSPS) is 19.9. The number of carbonyl (C=O) groups excluding carboxylic acids is 1. The van der Waals surface area contributed by atoms with Crippen molar-refractivity contribution in [1.82, 2.24) is 5.32 Å². The first-order chi connectivity index (χ1) is 9.02. The van der Waals surface area contributed by atoms with Gasteiger partial charge in [-0.3, -0.25) is 5.32 Å². The van der Waals surface area contributed by atoms with Gasteiger partial charge in [0.05, 0.1) is 5.54 Å². The van der Waals surface area contributed by atoms with E-state index >= 15 is 0 Å². The Labute approximate surface area is 122 Å². The lowest BCUT2D eigenvalue weighted by Gasteiger charge is -2.34. The van der Waals surface area contributed by atoms with Crippen LogP contribution in [0.1, 0.15) is 73.6 Å². The van der Waals surface area contributed by atoms with Crippen LogP contribution in [0, 0.1) is 0 Å². The van der Waals surface area contributed by atoms with Crippen molar-refractivity contribution in [1.29, 1.82) is 0 Å². The molecular weight excluding hydrogens is 254 g/mol. The smallest absolute Gasteiger partial charge is 0.409 e. The van der Waals surface area contributed by atoms with Gasteiger partial charge < -0.3 is 4.74 Å². The van der Waals surface area contributed by atoms with E-state index in [0.29, 0.717) is 0 Å². The van der Waals surface area contributed by atoms with Gasteiger partial charge in [-0.15, -0.1) is 0 Å². The second-order valence-electron chi connectivity index (χ2n) is 7.59. The van der Waals surface area contributed by atoms with E-state index in [1.54, 1.807) is 0 Å². The third kappa shape index (κ3) is 6.35. The third-order valence-electron chi connectivity index (χ3n) is 2.96. The van der Waals surface area contributed by atoms with E-state index in [0.717, 1.165) is 25.7 Å². The third-order valence-corrected chi connectivity index (χ3v) is 2.96. The van der Waals surface area contributed by atoms with Crippen molar-refractivity contribution in [3.8, 4) is 0 Å². The Hall–Kier alpha value is -1.13. The molecule has 5 heteroatoms. The molecule has 0 heterocycles. The summed E-state index contributed by atoms with van der Waals surface area (Å²) in [6.07, 6.45) is 4.53. The van der Waals surface area contributed by atoms with E-state index in [4.69, 9.17) is 4.74 Å². The van der Waals surface area contributed by atoms with Crippen molar-refractivity contribution >= 4 is 6.09 Å². The Bertz CT molecular complexity index is 358. The summed E-state index contributed by atoms with van der Waals surface area (Å²) in [5.41, 5.74) is -1.32. The van der Waals surface area contributed by atoms with Gasteiger partial charge >= 0.3 is 6.09 Å². The molecule has 0 spiro atoms. The Morgan fingerprint density at radius 1 is 1.05 bits per heavy atom. The molecule has 0 atom stereocenters. The zero-order valence-electron chi connectivity index (χ0n) is 13.7. The molecule has 1 aliphatic carbocycles. The molecule has 0 aromatic carbocycles. The highest BCUT2D eigenvalue weighted by Gasteiger charge is 2.35. The monoisotopic (exact) mass is 283 g/mol. The van der Waals surface area contributed by atoms with Gasteiger partial charge in [0, 0.05) is 0 Å². The number of alkyl carbamates (subject to hydrolysis) is 1. The van der Waals surface area contributed by atoms with Crippen molar-refractivity contribution in [2.75, 3.05) is 0 Å². The van der Waals surface area contributed by atoms with E-state index in [-0.39, 0.29) is 5.54 Å². The summed E-state index contributed by atoms with van der Waals surface area (Å²) in [6.45, 7) is 11.6. The van der Waals surface area contributed by atoms with Gasteiger partial charge in [0.2, 0.25) is 0 Å². The predicted molar refractivity (Wildman–Crippen MR) is 79.8 cm³/mol. The molecular formula is C15H29N3O2. The molecule has 1 saturated carbocycles. The van der Waals surface area contributed by atoms with Crippen LogP contribution in [0.5, 0.6) is 0 Å². The number of hydrogen-bond acceptors (Lipinski definition) is 4. The highest BCUT2D eigenvalue weighted by atomic mass is 16.6. The summed E-state index contributed by atoms with van der Waals surface area (Å²) in [5, 5.41) is 11.8. The average molecular weight is 283 g/mol. The molecule has 0 aliphatic heterocycles. The van der Waals surface area contributed by atoms with E-state index in [1.807, 2.05) is 41.5 Å². The minimum absolute atomic E-state index is 0.236. The van der Waals surface area contributed by atoms with Gasteiger partial charge in [-0.05, 0) is 67.2 Å². The van der Waals surface area contributed by atoms with Crippen molar-refractivity contribution in [3.63, 3.8) is 0 Å². The van der Waals surface area contributed by atoms with Crippen molar-refractivity contribution in [3.05, 3.63) is 0 Å². The minimum Gasteiger partial charge on any atom is -0.444 e. The lowest BCUT2D eigenvalue weighted by molar-refractivity contribution is 0.0422. The molecule has 0 unspecified atom stereocenters. The number of hydrogen-bond donors (Lipinski definition) is 1. The van der Waals surface area contributed by atoms with Crippen LogP contribution in [0.2, 0.25) is 0 Å². The highest BCUT2D eigenvalue weighted by Crippen LogP contribution is 2.31. The van der Waals surface area contributed by atoms with Gasteiger partial charge in [0.25, 0.3) is 0 Å². The average Bonchev–Trinajstić information content (AvgIpc) is 2.24. The van der Waals surface area contributed by atoms with Crippen LogP contribution in [0.4, 0.5) is 4.79 Å². The van der Waals surface area contributed by atoms with E-state index < -0.39 is 17.4 Å². The Kier molecular flexibility index (Phi) is 5.16. The maximum absolute atomic E-state index is 12.0. The first kappa shape index (κ1) is 16.9. The van der Waals surface area contributed by atoms with Crippen LogP contribution < -0.4 is 5.32 Å². The van der Waals surface area contributed by atoms with Crippen LogP contribution in [-0.4, -0.2) is 22.9 Å². The molecule has 0 bridgehead atoms. The number of carbonyl (C=O) groups is 1. The molecule has 0 aromatic heterocycles. The fourth-order valence-electron chi connectivity index (χ4n) is 2.13. The van der Waals surface area contributed by atoms with Gasteiger partial charge in [-0.2, -0.15) is 10.2 Å². The van der Waals surface area contributed by atoms with Gasteiger partial charge in [-0.1, -0.05) is 6.42 Å². The molecule has 0 saturated heterocycles. The maximum Gasteiger partial charge on any atom is 0.409 e. The maximum atomic E-state index is 12.0. The fourth-order valence-corrected chi connectivity index (χ4v) is 2.13. The predicted octanol–water partition coefficient (Wildman–Crippen LogP) is 4.42. The lowest BCUT2D eigenvalue weighted by atomic mass is 9.90. The second-order valence-corrected chi connectivity index (χ2v) is 7.59. The first-order valence-electron chi connectivity index (χ1n) is 7.47. The van der Waals surface area contributed by atoms with Crippen LogP contribution >= 0.6 is 0 Å². The zero-order valence-corrected chi connectivity index (χ0v) is 13.7. The van der Waals surface area contributed by atoms with Gasteiger partial charge in [0.1, 0.15) is 5.60 Å². The Morgan fingerprint density at radius 2 is 1.60 bits per heavy atom. The van der Waals surface area contributed by atoms with Crippen molar-refractivity contribution < 1.29 is 9.53 Å². The molecule has 1 rings (SSSR count). The standard InChI is InChI=1S/C15H29N3O2/c1-13(2,3)17-18-15(10-8-7-9-11-15)16-12(19)20-14(4,5)6/h7-11H2,1-6H3,(H,16,19)/b18-17+. The minimum atomic E-state index is -0.589. The van der Waals surface area contributed by atoms with E-state index in [1.165, 1.54) is 6.42 Å². The molecule has 20 heavy (non-hydrogen) atoms. The summed E-state index contributed by atoms with van der Waals surface area (Å²) in [7, 11) is 0. The number of rotatable bonds is 2. The topological polar surface area (TPSA) is 63.0 Å². The fraction of sp³-hybridized carbons (Fsp3) is 0.933. The van der Waals surface area contributed by atoms with Crippen LogP contribution in [0.15, 0.2) is 10.2 Å². The molecule has 116 valence electrons. The summed E-state index contributed by atoms with van der Waals surface area (Å²) >= 11 is 0. The summed E-state index contributed by atoms with van der Waals surface area (Å²) in [6, 6.07) is 0. The molecule has 1 fully saturated rings. The number of ether oxygens (including phenoxy) is 1. The Balaban J connectivity index is 2.79. The molecule has 0 aromatic rings. The SMILES string of the molecule is CC(C)(C)/N=N/C1(NC(=O)OC(C)(C)C)CCCCC1. The number of azo groups is 1. The van der Waals surface area contributed by atoms with Crippen LogP contribution in [-0.2, 0) is 4.74 Å². The van der Waals surface area contributed by atoms with Gasteiger partial charge in [0.15, 0.2) is 5.66 Å². The largest absolute Gasteiger partial charge is 0.444 e. The molecule has 0 radical (unpaired) electrons. The summed E-state index contributed by atoms with van der Waals surface area (Å²) < 4.78 is 5.35. The molecule has 1 amide bonds. The van der Waals surface area contributed by atoms with E-state index in [2.05, 4.69) is 15.5 Å². The van der Waals surface area contributed by atoms with Gasteiger partial charge in [-0.25, -0.2) is 4.79 Å². The van der Waals surface area contributed by atoms with Crippen molar-refractivity contribution in [2.45, 2.75) is 90.4 Å². The van der Waals surface area contributed by atoms with E-state index in [9.17, 15) is 4.79 Å². The summed E-state index contributed by atoms with van der Waals surface area (Å²) in [5.74, 6) is 0. The summed E-state index contributed by atoms with van der Waals surface area (Å²) in [4.78, 5) is 12.0. The van der Waals surface area contributed by atoms with Crippen molar-refractivity contribution in [2.24, 2.45) is 10.2 Å².